The van der Waals surface area contributed by atoms with Crippen molar-refractivity contribution in [2.45, 2.75) is 6.54 Å². The topological polar surface area (TPSA) is 58.3 Å². The average Bonchev–Trinajstić information content (AvgIpc) is 2.82. The van der Waals surface area contributed by atoms with Gasteiger partial charge in [-0.25, -0.2) is 9.37 Å². The van der Waals surface area contributed by atoms with Gasteiger partial charge in [-0.3, -0.25) is 0 Å². The summed E-state index contributed by atoms with van der Waals surface area (Å²) < 4.78 is 15.4. The van der Waals surface area contributed by atoms with E-state index < -0.39 is 12.9 Å². The second kappa shape index (κ2) is 5.07. The number of para-hydroxylation sites is 2. The van der Waals surface area contributed by atoms with E-state index in [1.165, 1.54) is 6.07 Å². The molecule has 2 N–H and O–H groups in total. The average molecular weight is 270 g/mol. The third-order valence-corrected chi connectivity index (χ3v) is 3.16. The van der Waals surface area contributed by atoms with Crippen molar-refractivity contribution in [3.63, 3.8) is 0 Å². The van der Waals surface area contributed by atoms with E-state index in [-0.39, 0.29) is 5.46 Å². The van der Waals surface area contributed by atoms with Crippen LogP contribution in [-0.2, 0) is 6.54 Å². The third kappa shape index (κ3) is 2.43. The van der Waals surface area contributed by atoms with Gasteiger partial charge in [-0.15, -0.1) is 0 Å². The van der Waals surface area contributed by atoms with E-state index in [0.717, 1.165) is 17.1 Å². The van der Waals surface area contributed by atoms with Crippen LogP contribution in [-0.4, -0.2) is 26.7 Å². The summed E-state index contributed by atoms with van der Waals surface area (Å²) in [4.78, 5) is 4.27. The van der Waals surface area contributed by atoms with Gasteiger partial charge in [0.25, 0.3) is 0 Å². The summed E-state index contributed by atoms with van der Waals surface area (Å²) in [5.74, 6) is -0.491. The fourth-order valence-corrected chi connectivity index (χ4v) is 2.25. The number of halogens is 1. The number of nitrogens with zero attached hydrogens (tertiary/aromatic N) is 2. The lowest BCUT2D eigenvalue weighted by Crippen LogP contribution is -2.30. The minimum absolute atomic E-state index is 0.143. The summed E-state index contributed by atoms with van der Waals surface area (Å²) in [7, 11) is -1.68. The lowest BCUT2D eigenvalue weighted by Gasteiger charge is -2.07. The van der Waals surface area contributed by atoms with Crippen LogP contribution in [0, 0.1) is 5.82 Å². The molecule has 1 aromatic heterocycles. The van der Waals surface area contributed by atoms with Crippen LogP contribution in [0.15, 0.2) is 48.8 Å². The van der Waals surface area contributed by atoms with Gasteiger partial charge in [0.05, 0.1) is 17.4 Å². The molecule has 0 bridgehead atoms. The summed E-state index contributed by atoms with van der Waals surface area (Å²) in [5.41, 5.74) is 2.61. The maximum absolute atomic E-state index is 13.5. The number of fused-ring (bicyclic) bond motifs is 1. The molecule has 3 rings (SSSR count). The van der Waals surface area contributed by atoms with Gasteiger partial charge in [0.2, 0.25) is 0 Å². The zero-order valence-corrected chi connectivity index (χ0v) is 10.6. The van der Waals surface area contributed by atoms with E-state index in [9.17, 15) is 4.39 Å². The highest BCUT2D eigenvalue weighted by Crippen LogP contribution is 2.14. The molecule has 6 heteroatoms. The molecule has 0 amide bonds. The van der Waals surface area contributed by atoms with Crippen LogP contribution in [0.2, 0.25) is 0 Å². The molecule has 100 valence electrons. The Balaban J connectivity index is 1.98. The first-order valence-corrected chi connectivity index (χ1v) is 6.19. The van der Waals surface area contributed by atoms with Crippen molar-refractivity contribution in [3.8, 4) is 0 Å². The van der Waals surface area contributed by atoms with Gasteiger partial charge in [0.1, 0.15) is 5.82 Å². The van der Waals surface area contributed by atoms with E-state index in [4.69, 9.17) is 10.0 Å². The zero-order valence-electron chi connectivity index (χ0n) is 10.6. The van der Waals surface area contributed by atoms with E-state index in [1.54, 1.807) is 12.4 Å². The lowest BCUT2D eigenvalue weighted by molar-refractivity contribution is 0.425. The minimum atomic E-state index is -1.68. The first-order valence-electron chi connectivity index (χ1n) is 6.19. The van der Waals surface area contributed by atoms with Crippen molar-refractivity contribution in [2.24, 2.45) is 0 Å². The summed E-state index contributed by atoms with van der Waals surface area (Å²) >= 11 is 0. The molecule has 0 saturated heterocycles. The predicted octanol–water partition coefficient (Wildman–Crippen LogP) is 0.903. The molecule has 1 heterocycles. The van der Waals surface area contributed by atoms with Crippen molar-refractivity contribution in [1.82, 2.24) is 9.55 Å². The lowest BCUT2D eigenvalue weighted by atomic mass is 9.79. The summed E-state index contributed by atoms with van der Waals surface area (Å²) in [6.07, 6.45) is 1.69. The monoisotopic (exact) mass is 270 g/mol. The largest absolute Gasteiger partial charge is 0.488 e. The van der Waals surface area contributed by atoms with Crippen molar-refractivity contribution in [1.29, 1.82) is 0 Å². The number of hydrogen-bond acceptors (Lipinski definition) is 3. The number of benzene rings is 2. The first-order chi connectivity index (χ1) is 9.63. The first kappa shape index (κ1) is 12.8. The molecule has 2 aromatic carbocycles. The molecular formula is C14H12BFN2O2. The number of imidazole rings is 1. The number of rotatable bonds is 3. The highest BCUT2D eigenvalue weighted by Gasteiger charge is 2.13. The Hall–Kier alpha value is -2.18. The maximum atomic E-state index is 13.5. The fourth-order valence-electron chi connectivity index (χ4n) is 2.25. The van der Waals surface area contributed by atoms with E-state index in [1.807, 2.05) is 28.8 Å². The van der Waals surface area contributed by atoms with Crippen LogP contribution >= 0.6 is 0 Å². The fraction of sp³-hybridized carbons (Fsp3) is 0.0714. The van der Waals surface area contributed by atoms with Crippen LogP contribution in [0.1, 0.15) is 5.56 Å². The Morgan fingerprint density at radius 3 is 2.75 bits per heavy atom. The molecule has 0 radical (unpaired) electrons. The molecule has 4 nitrogen and oxygen atoms in total. The molecule has 0 aliphatic heterocycles. The standard InChI is InChI=1S/C14H12BFN2O2/c16-12-6-10(5-11(7-12)15(19)20)8-18-9-17-13-3-1-2-4-14(13)18/h1-7,9,19-20H,8H2. The van der Waals surface area contributed by atoms with E-state index in [2.05, 4.69) is 4.98 Å². The molecule has 0 unspecified atom stereocenters. The molecule has 0 atom stereocenters. The van der Waals surface area contributed by atoms with Gasteiger partial charge < -0.3 is 14.6 Å². The summed E-state index contributed by atoms with van der Waals surface area (Å²) in [5, 5.41) is 18.3. The Labute approximate surface area is 115 Å². The molecule has 0 spiro atoms. The summed E-state index contributed by atoms with van der Waals surface area (Å²) in [6, 6.07) is 11.7. The Bertz CT molecular complexity index is 758. The van der Waals surface area contributed by atoms with Gasteiger partial charge in [-0.2, -0.15) is 0 Å². The Morgan fingerprint density at radius 2 is 1.95 bits per heavy atom. The van der Waals surface area contributed by atoms with Crippen molar-refractivity contribution in [3.05, 3.63) is 60.2 Å². The van der Waals surface area contributed by atoms with Crippen molar-refractivity contribution >= 4 is 23.6 Å². The highest BCUT2D eigenvalue weighted by molar-refractivity contribution is 6.58. The smallest absolute Gasteiger partial charge is 0.423 e. The number of aromatic nitrogens is 2. The van der Waals surface area contributed by atoms with Crippen LogP contribution in [0.4, 0.5) is 4.39 Å². The molecule has 0 saturated carbocycles. The highest BCUT2D eigenvalue weighted by atomic mass is 19.1. The third-order valence-electron chi connectivity index (χ3n) is 3.16. The number of hydrogen-bond donors (Lipinski definition) is 2. The van der Waals surface area contributed by atoms with E-state index in [0.29, 0.717) is 12.1 Å². The molecule has 3 aromatic rings. The molecule has 20 heavy (non-hydrogen) atoms. The van der Waals surface area contributed by atoms with Gasteiger partial charge >= 0.3 is 7.12 Å². The van der Waals surface area contributed by atoms with E-state index >= 15 is 0 Å². The zero-order chi connectivity index (χ0) is 14.1. The van der Waals surface area contributed by atoms with Crippen LogP contribution in [0.5, 0.6) is 0 Å². The van der Waals surface area contributed by atoms with Crippen LogP contribution in [0.3, 0.4) is 0 Å². The minimum Gasteiger partial charge on any atom is -0.423 e. The second-order valence-electron chi connectivity index (χ2n) is 4.63. The van der Waals surface area contributed by atoms with Gasteiger partial charge in [-0.05, 0) is 35.3 Å². The molecule has 0 aliphatic carbocycles. The Morgan fingerprint density at radius 1 is 1.15 bits per heavy atom. The Kier molecular flexibility index (Phi) is 3.26. The van der Waals surface area contributed by atoms with Gasteiger partial charge in [0, 0.05) is 6.54 Å². The summed E-state index contributed by atoms with van der Waals surface area (Å²) in [6.45, 7) is 0.415. The molecular weight excluding hydrogens is 258 g/mol. The normalized spacial score (nSPS) is 10.9. The van der Waals surface area contributed by atoms with Crippen LogP contribution < -0.4 is 5.46 Å². The van der Waals surface area contributed by atoms with Gasteiger partial charge in [0.15, 0.2) is 0 Å². The maximum Gasteiger partial charge on any atom is 0.488 e. The van der Waals surface area contributed by atoms with Crippen molar-refractivity contribution < 1.29 is 14.4 Å². The van der Waals surface area contributed by atoms with Crippen molar-refractivity contribution in [2.75, 3.05) is 0 Å². The second-order valence-corrected chi connectivity index (χ2v) is 4.63. The van der Waals surface area contributed by atoms with Gasteiger partial charge in [-0.1, -0.05) is 18.2 Å². The molecule has 0 aliphatic rings. The molecule has 0 fully saturated rings. The quantitative estimate of drug-likeness (QED) is 0.695. The SMILES string of the molecule is OB(O)c1cc(F)cc(Cn2cnc3ccccc32)c1. The van der Waals surface area contributed by atoms with Crippen LogP contribution in [0.25, 0.3) is 11.0 Å². The predicted molar refractivity (Wildman–Crippen MR) is 75.1 cm³/mol.